The zero-order valence-corrected chi connectivity index (χ0v) is 11.1. The van der Waals surface area contributed by atoms with Gasteiger partial charge in [0.05, 0.1) is 6.04 Å². The lowest BCUT2D eigenvalue weighted by molar-refractivity contribution is 0.790. The number of aryl methyl sites for hydroxylation is 1. The van der Waals surface area contributed by atoms with Crippen LogP contribution in [-0.4, -0.2) is 6.54 Å². The van der Waals surface area contributed by atoms with E-state index in [4.69, 9.17) is 17.3 Å². The van der Waals surface area contributed by atoms with Gasteiger partial charge in [0.25, 0.3) is 0 Å². The topological polar surface area (TPSA) is 38.0 Å². The molecular formula is C15H17ClN2. The van der Waals surface area contributed by atoms with E-state index in [-0.39, 0.29) is 6.04 Å². The maximum atomic E-state index is 6.20. The Morgan fingerprint density at radius 1 is 1.17 bits per heavy atom. The van der Waals surface area contributed by atoms with Crippen molar-refractivity contribution in [2.24, 2.45) is 5.73 Å². The lowest BCUT2D eigenvalue weighted by atomic mass is 10.1. The molecule has 0 aromatic heterocycles. The minimum Gasteiger partial charge on any atom is -0.377 e. The van der Waals surface area contributed by atoms with E-state index in [1.807, 2.05) is 36.4 Å². The van der Waals surface area contributed by atoms with Crippen LogP contribution in [0.3, 0.4) is 0 Å². The number of nitrogens with one attached hydrogen (secondary N) is 1. The smallest absolute Gasteiger partial charge is 0.0650 e. The second kappa shape index (κ2) is 5.89. The molecule has 0 heterocycles. The summed E-state index contributed by atoms with van der Waals surface area (Å²) in [5, 5.41) is 4.16. The second-order valence-electron chi connectivity index (χ2n) is 4.32. The highest BCUT2D eigenvalue weighted by molar-refractivity contribution is 6.31. The fourth-order valence-electron chi connectivity index (χ4n) is 1.96. The van der Waals surface area contributed by atoms with E-state index in [1.165, 1.54) is 5.56 Å². The van der Waals surface area contributed by atoms with Crippen LogP contribution in [0.4, 0.5) is 5.69 Å². The number of nitrogens with two attached hydrogens (primary N) is 1. The summed E-state index contributed by atoms with van der Waals surface area (Å²) in [6, 6.07) is 16.0. The van der Waals surface area contributed by atoms with Crippen molar-refractivity contribution in [1.29, 1.82) is 0 Å². The molecule has 0 saturated carbocycles. The molecule has 0 fully saturated rings. The average Bonchev–Trinajstić information content (AvgIpc) is 2.37. The van der Waals surface area contributed by atoms with Crippen molar-refractivity contribution >= 4 is 17.3 Å². The summed E-state index contributed by atoms with van der Waals surface area (Å²) < 4.78 is 0. The van der Waals surface area contributed by atoms with E-state index in [9.17, 15) is 0 Å². The van der Waals surface area contributed by atoms with Crippen molar-refractivity contribution in [2.45, 2.75) is 13.0 Å². The first-order valence-electron chi connectivity index (χ1n) is 5.98. The monoisotopic (exact) mass is 260 g/mol. The van der Waals surface area contributed by atoms with Gasteiger partial charge in [0.15, 0.2) is 0 Å². The van der Waals surface area contributed by atoms with Gasteiger partial charge >= 0.3 is 0 Å². The molecule has 2 nitrogen and oxygen atoms in total. The van der Waals surface area contributed by atoms with Gasteiger partial charge < -0.3 is 11.1 Å². The van der Waals surface area contributed by atoms with Crippen LogP contribution < -0.4 is 11.1 Å². The summed E-state index contributed by atoms with van der Waals surface area (Å²) in [4.78, 5) is 0. The number of hydrogen-bond acceptors (Lipinski definition) is 2. The third-order valence-corrected chi connectivity index (χ3v) is 3.22. The average molecular weight is 261 g/mol. The highest BCUT2D eigenvalue weighted by Crippen LogP contribution is 2.25. The molecule has 0 spiro atoms. The van der Waals surface area contributed by atoms with Crippen LogP contribution in [0.5, 0.6) is 0 Å². The Morgan fingerprint density at radius 2 is 1.94 bits per heavy atom. The van der Waals surface area contributed by atoms with E-state index < -0.39 is 0 Å². The molecule has 3 N–H and O–H groups in total. The normalized spacial score (nSPS) is 12.2. The number of hydrogen-bond donors (Lipinski definition) is 2. The minimum absolute atomic E-state index is 0.0282. The van der Waals surface area contributed by atoms with Crippen molar-refractivity contribution in [2.75, 3.05) is 11.9 Å². The van der Waals surface area contributed by atoms with Gasteiger partial charge in [-0.3, -0.25) is 0 Å². The maximum Gasteiger partial charge on any atom is 0.0650 e. The van der Waals surface area contributed by atoms with E-state index in [2.05, 4.69) is 24.4 Å². The Balaban J connectivity index is 2.23. The first-order valence-corrected chi connectivity index (χ1v) is 6.36. The SMILES string of the molecule is Cc1cccc(NC(CN)c2ccccc2Cl)c1. The molecule has 2 aromatic rings. The highest BCUT2D eigenvalue weighted by atomic mass is 35.5. The van der Waals surface area contributed by atoms with Gasteiger partial charge in [-0.15, -0.1) is 0 Å². The van der Waals surface area contributed by atoms with Gasteiger partial charge in [-0.05, 0) is 36.2 Å². The lowest BCUT2D eigenvalue weighted by Crippen LogP contribution is -2.20. The Morgan fingerprint density at radius 3 is 2.61 bits per heavy atom. The largest absolute Gasteiger partial charge is 0.377 e. The van der Waals surface area contributed by atoms with Crippen LogP contribution in [-0.2, 0) is 0 Å². The fraction of sp³-hybridized carbons (Fsp3) is 0.200. The van der Waals surface area contributed by atoms with E-state index >= 15 is 0 Å². The summed E-state index contributed by atoms with van der Waals surface area (Å²) in [6.45, 7) is 2.57. The van der Waals surface area contributed by atoms with Crippen LogP contribution in [0.15, 0.2) is 48.5 Å². The molecule has 18 heavy (non-hydrogen) atoms. The Labute approximate surface area is 113 Å². The summed E-state index contributed by atoms with van der Waals surface area (Å²) in [6.07, 6.45) is 0. The molecule has 0 saturated heterocycles. The van der Waals surface area contributed by atoms with Gasteiger partial charge in [-0.2, -0.15) is 0 Å². The second-order valence-corrected chi connectivity index (χ2v) is 4.73. The molecule has 0 bridgehead atoms. The highest BCUT2D eigenvalue weighted by Gasteiger charge is 2.12. The molecule has 0 radical (unpaired) electrons. The molecule has 0 amide bonds. The molecule has 0 aliphatic rings. The molecule has 2 rings (SSSR count). The van der Waals surface area contributed by atoms with Gasteiger partial charge in [-0.25, -0.2) is 0 Å². The number of benzene rings is 2. The van der Waals surface area contributed by atoms with Crippen molar-refractivity contribution < 1.29 is 0 Å². The Bertz CT molecular complexity index is 525. The van der Waals surface area contributed by atoms with Crippen molar-refractivity contribution in [1.82, 2.24) is 0 Å². The van der Waals surface area contributed by atoms with E-state index in [0.717, 1.165) is 16.3 Å². The molecule has 0 aliphatic heterocycles. The summed E-state index contributed by atoms with van der Waals surface area (Å²) in [7, 11) is 0. The predicted molar refractivity (Wildman–Crippen MR) is 78.0 cm³/mol. The van der Waals surface area contributed by atoms with Gasteiger partial charge in [0.2, 0.25) is 0 Å². The summed E-state index contributed by atoms with van der Waals surface area (Å²) in [5.74, 6) is 0. The summed E-state index contributed by atoms with van der Waals surface area (Å²) in [5.41, 5.74) is 9.15. The zero-order valence-electron chi connectivity index (χ0n) is 10.4. The molecule has 1 unspecified atom stereocenters. The molecule has 1 atom stereocenters. The fourth-order valence-corrected chi connectivity index (χ4v) is 2.22. The van der Waals surface area contributed by atoms with Gasteiger partial charge in [0, 0.05) is 17.3 Å². The Hall–Kier alpha value is -1.51. The molecule has 0 aliphatic carbocycles. The van der Waals surface area contributed by atoms with Crippen molar-refractivity contribution in [3.8, 4) is 0 Å². The van der Waals surface area contributed by atoms with Crippen LogP contribution in [0.1, 0.15) is 17.2 Å². The zero-order chi connectivity index (χ0) is 13.0. The quantitative estimate of drug-likeness (QED) is 0.878. The van der Waals surface area contributed by atoms with Crippen molar-refractivity contribution in [3.63, 3.8) is 0 Å². The Kier molecular flexibility index (Phi) is 4.24. The number of rotatable bonds is 4. The van der Waals surface area contributed by atoms with Crippen LogP contribution >= 0.6 is 11.6 Å². The van der Waals surface area contributed by atoms with E-state index in [1.54, 1.807) is 0 Å². The predicted octanol–water partition coefficient (Wildman–Crippen LogP) is 3.76. The molecule has 2 aromatic carbocycles. The van der Waals surface area contributed by atoms with E-state index in [0.29, 0.717) is 6.54 Å². The number of halogens is 1. The number of anilines is 1. The van der Waals surface area contributed by atoms with Crippen LogP contribution in [0, 0.1) is 6.92 Å². The first kappa shape index (κ1) is 12.9. The van der Waals surface area contributed by atoms with Gasteiger partial charge in [0.1, 0.15) is 0 Å². The standard InChI is InChI=1S/C15H17ClN2/c1-11-5-4-6-12(9-11)18-15(10-17)13-7-2-3-8-14(13)16/h2-9,15,18H,10,17H2,1H3. The van der Waals surface area contributed by atoms with Crippen LogP contribution in [0.2, 0.25) is 5.02 Å². The molecular weight excluding hydrogens is 244 g/mol. The van der Waals surface area contributed by atoms with Crippen molar-refractivity contribution in [3.05, 3.63) is 64.7 Å². The minimum atomic E-state index is 0.0282. The van der Waals surface area contributed by atoms with Gasteiger partial charge in [-0.1, -0.05) is 41.9 Å². The third-order valence-electron chi connectivity index (χ3n) is 2.88. The molecule has 3 heteroatoms. The third kappa shape index (κ3) is 3.03. The molecule has 94 valence electrons. The first-order chi connectivity index (χ1) is 8.70. The maximum absolute atomic E-state index is 6.20. The summed E-state index contributed by atoms with van der Waals surface area (Å²) >= 11 is 6.20. The van der Waals surface area contributed by atoms with Crippen LogP contribution in [0.25, 0.3) is 0 Å². The lowest BCUT2D eigenvalue weighted by Gasteiger charge is -2.20.